The molecule has 0 unspecified atom stereocenters. The van der Waals surface area contributed by atoms with Crippen LogP contribution in [0.2, 0.25) is 0 Å². The van der Waals surface area contributed by atoms with Gasteiger partial charge in [-0.05, 0) is 36.4 Å². The average Bonchev–Trinajstić information content (AvgIpc) is 3.26. The van der Waals surface area contributed by atoms with Crippen LogP contribution in [0.5, 0.6) is 0 Å². The minimum absolute atomic E-state index is 0.238. The minimum atomic E-state index is -0.368. The highest BCUT2D eigenvalue weighted by molar-refractivity contribution is 7.15. The fraction of sp³-hybridized carbons (Fsp3) is 0.150. The van der Waals surface area contributed by atoms with Crippen molar-refractivity contribution in [2.45, 2.75) is 19.8 Å². The number of imide groups is 1. The molecule has 1 aliphatic heterocycles. The van der Waals surface area contributed by atoms with Crippen LogP contribution in [0.15, 0.2) is 48.5 Å². The Bertz CT molecular complexity index is 1050. The van der Waals surface area contributed by atoms with Gasteiger partial charge in [-0.15, -0.1) is 10.2 Å². The maximum Gasteiger partial charge on any atom is 0.266 e. The maximum absolute atomic E-state index is 12.5. The van der Waals surface area contributed by atoms with Gasteiger partial charge in [0.05, 0.1) is 16.8 Å². The topological polar surface area (TPSA) is 92.3 Å². The second-order valence-electron chi connectivity index (χ2n) is 6.59. The summed E-state index contributed by atoms with van der Waals surface area (Å²) in [6.07, 6.45) is 0. The molecule has 3 amide bonds. The van der Waals surface area contributed by atoms with Crippen molar-refractivity contribution in [3.05, 3.63) is 70.2 Å². The summed E-state index contributed by atoms with van der Waals surface area (Å²) in [5, 5.41) is 12.0. The Labute approximate surface area is 165 Å². The Kier molecular flexibility index (Phi) is 4.48. The average molecular weight is 392 g/mol. The molecule has 4 rings (SSSR count). The molecule has 1 aromatic heterocycles. The number of nitrogens with zero attached hydrogens (tertiary/aromatic N) is 3. The van der Waals surface area contributed by atoms with Gasteiger partial charge in [0.2, 0.25) is 5.13 Å². The summed E-state index contributed by atoms with van der Waals surface area (Å²) in [5.74, 6) is -0.830. The number of hydrogen-bond donors (Lipinski definition) is 1. The van der Waals surface area contributed by atoms with E-state index >= 15 is 0 Å². The quantitative estimate of drug-likeness (QED) is 0.683. The second-order valence-corrected chi connectivity index (χ2v) is 7.60. The number of anilines is 2. The third kappa shape index (κ3) is 3.07. The zero-order chi connectivity index (χ0) is 19.8. The highest BCUT2D eigenvalue weighted by atomic mass is 32.1. The number of fused-ring (bicyclic) bond motifs is 1. The number of rotatable bonds is 4. The van der Waals surface area contributed by atoms with Gasteiger partial charge >= 0.3 is 0 Å². The van der Waals surface area contributed by atoms with Crippen molar-refractivity contribution in [1.29, 1.82) is 0 Å². The first kappa shape index (κ1) is 18.0. The van der Waals surface area contributed by atoms with Gasteiger partial charge in [0.15, 0.2) is 0 Å². The Hall–Kier alpha value is -3.39. The lowest BCUT2D eigenvalue weighted by Gasteiger charge is -2.14. The monoisotopic (exact) mass is 392 g/mol. The smallest absolute Gasteiger partial charge is 0.266 e. The maximum atomic E-state index is 12.5. The van der Waals surface area contributed by atoms with Gasteiger partial charge in [0.25, 0.3) is 17.7 Å². The van der Waals surface area contributed by atoms with E-state index < -0.39 is 0 Å². The summed E-state index contributed by atoms with van der Waals surface area (Å²) in [6.45, 7) is 4.01. The number of amides is 3. The lowest BCUT2D eigenvalue weighted by atomic mass is 10.1. The van der Waals surface area contributed by atoms with Crippen molar-refractivity contribution < 1.29 is 14.4 Å². The first-order valence-corrected chi connectivity index (χ1v) is 9.50. The predicted molar refractivity (Wildman–Crippen MR) is 106 cm³/mol. The molecule has 7 nitrogen and oxygen atoms in total. The number of carbonyl (C=O) groups excluding carboxylic acids is 3. The van der Waals surface area contributed by atoms with Crippen LogP contribution in [-0.4, -0.2) is 27.9 Å². The highest BCUT2D eigenvalue weighted by Crippen LogP contribution is 2.28. The Morgan fingerprint density at radius 3 is 2.11 bits per heavy atom. The van der Waals surface area contributed by atoms with Crippen LogP contribution >= 0.6 is 11.3 Å². The SMILES string of the molecule is CC(C)c1nnc(NC(=O)c2ccc(N3C(=O)c4ccccc4C3=O)cc2)s1. The lowest BCUT2D eigenvalue weighted by molar-refractivity contribution is 0.0925. The molecule has 2 aromatic carbocycles. The molecule has 0 bridgehead atoms. The van der Waals surface area contributed by atoms with E-state index in [-0.39, 0.29) is 23.6 Å². The van der Waals surface area contributed by atoms with E-state index in [0.717, 1.165) is 9.91 Å². The summed E-state index contributed by atoms with van der Waals surface area (Å²) in [6, 6.07) is 13.0. The Morgan fingerprint density at radius 2 is 1.57 bits per heavy atom. The van der Waals surface area contributed by atoms with Crippen molar-refractivity contribution >= 4 is 39.9 Å². The summed E-state index contributed by atoms with van der Waals surface area (Å²) in [5.41, 5.74) is 1.57. The molecule has 1 N–H and O–H groups in total. The zero-order valence-electron chi connectivity index (χ0n) is 15.2. The molecule has 1 aliphatic rings. The standard InChI is InChI=1S/C20H16N4O3S/c1-11(2)17-22-23-20(28-17)21-16(25)12-7-9-13(10-8-12)24-18(26)14-5-3-4-6-15(14)19(24)27/h3-11H,1-2H3,(H,21,23,25). The number of hydrogen-bond acceptors (Lipinski definition) is 6. The van der Waals surface area contributed by atoms with Gasteiger partial charge in [0, 0.05) is 11.5 Å². The van der Waals surface area contributed by atoms with Gasteiger partial charge in [-0.25, -0.2) is 4.90 Å². The molecule has 0 aliphatic carbocycles. The number of aromatic nitrogens is 2. The van der Waals surface area contributed by atoms with Crippen molar-refractivity contribution in [1.82, 2.24) is 10.2 Å². The van der Waals surface area contributed by atoms with Crippen molar-refractivity contribution in [2.24, 2.45) is 0 Å². The minimum Gasteiger partial charge on any atom is -0.296 e. The molecular weight excluding hydrogens is 376 g/mol. The molecular formula is C20H16N4O3S. The third-order valence-electron chi connectivity index (χ3n) is 4.34. The van der Waals surface area contributed by atoms with Gasteiger partial charge in [-0.2, -0.15) is 0 Å². The molecule has 0 atom stereocenters. The predicted octanol–water partition coefficient (Wildman–Crippen LogP) is 3.71. The van der Waals surface area contributed by atoms with Gasteiger partial charge in [-0.1, -0.05) is 37.3 Å². The summed E-state index contributed by atoms with van der Waals surface area (Å²) in [4.78, 5) is 38.6. The summed E-state index contributed by atoms with van der Waals surface area (Å²) in [7, 11) is 0. The molecule has 0 fully saturated rings. The van der Waals surface area contributed by atoms with E-state index in [0.29, 0.717) is 27.5 Å². The third-order valence-corrected chi connectivity index (χ3v) is 5.48. The molecule has 0 radical (unpaired) electrons. The number of nitrogens with one attached hydrogen (secondary N) is 1. The van der Waals surface area contributed by atoms with Gasteiger partial charge in [0.1, 0.15) is 5.01 Å². The molecule has 28 heavy (non-hydrogen) atoms. The van der Waals surface area contributed by atoms with E-state index in [1.165, 1.54) is 11.3 Å². The van der Waals surface area contributed by atoms with Crippen LogP contribution in [0, 0.1) is 0 Å². The van der Waals surface area contributed by atoms with Crippen LogP contribution in [0.4, 0.5) is 10.8 Å². The molecule has 140 valence electrons. The molecule has 8 heteroatoms. The molecule has 0 saturated carbocycles. The first-order valence-electron chi connectivity index (χ1n) is 8.68. The van der Waals surface area contributed by atoms with Crippen molar-refractivity contribution in [3.63, 3.8) is 0 Å². The van der Waals surface area contributed by atoms with Crippen LogP contribution in [-0.2, 0) is 0 Å². The van der Waals surface area contributed by atoms with Gasteiger partial charge < -0.3 is 0 Å². The van der Waals surface area contributed by atoms with Crippen LogP contribution in [0.3, 0.4) is 0 Å². The fourth-order valence-electron chi connectivity index (χ4n) is 2.87. The first-order chi connectivity index (χ1) is 13.5. The Balaban J connectivity index is 1.52. The molecule has 3 aromatic rings. The lowest BCUT2D eigenvalue weighted by Crippen LogP contribution is -2.29. The van der Waals surface area contributed by atoms with E-state index in [9.17, 15) is 14.4 Å². The van der Waals surface area contributed by atoms with E-state index in [2.05, 4.69) is 15.5 Å². The van der Waals surface area contributed by atoms with Crippen molar-refractivity contribution in [3.8, 4) is 0 Å². The van der Waals surface area contributed by atoms with E-state index in [1.54, 1.807) is 48.5 Å². The van der Waals surface area contributed by atoms with Crippen LogP contribution in [0.25, 0.3) is 0 Å². The summed E-state index contributed by atoms with van der Waals surface area (Å²) < 4.78 is 0. The van der Waals surface area contributed by atoms with E-state index in [1.807, 2.05) is 13.8 Å². The molecule has 0 spiro atoms. The number of benzene rings is 2. The summed E-state index contributed by atoms with van der Waals surface area (Å²) >= 11 is 1.33. The fourth-order valence-corrected chi connectivity index (χ4v) is 3.61. The normalized spacial score (nSPS) is 13.2. The van der Waals surface area contributed by atoms with Crippen LogP contribution < -0.4 is 10.2 Å². The van der Waals surface area contributed by atoms with E-state index in [4.69, 9.17) is 0 Å². The largest absolute Gasteiger partial charge is 0.296 e. The number of carbonyl (C=O) groups is 3. The second kappa shape index (κ2) is 6.97. The van der Waals surface area contributed by atoms with Crippen molar-refractivity contribution in [2.75, 3.05) is 10.2 Å². The van der Waals surface area contributed by atoms with Gasteiger partial charge in [-0.3, -0.25) is 19.7 Å². The van der Waals surface area contributed by atoms with Crippen LogP contribution in [0.1, 0.15) is 55.8 Å². The molecule has 2 heterocycles. The Morgan fingerprint density at radius 1 is 0.964 bits per heavy atom. The molecule has 0 saturated heterocycles. The zero-order valence-corrected chi connectivity index (χ0v) is 16.0. The highest BCUT2D eigenvalue weighted by Gasteiger charge is 2.36.